The molecule has 100 valence electrons. The summed E-state index contributed by atoms with van der Waals surface area (Å²) in [6.07, 6.45) is 0.826. The van der Waals surface area contributed by atoms with Crippen LogP contribution in [0.4, 0.5) is 0 Å². The summed E-state index contributed by atoms with van der Waals surface area (Å²) in [5, 5.41) is 0. The van der Waals surface area contributed by atoms with Crippen LogP contribution in [-0.2, 0) is 0 Å². The molecule has 1 unspecified atom stereocenters. The van der Waals surface area contributed by atoms with E-state index in [9.17, 15) is 4.79 Å². The summed E-state index contributed by atoms with van der Waals surface area (Å²) < 4.78 is 0. The normalized spacial score (nSPS) is 12.6. The van der Waals surface area contributed by atoms with Crippen LogP contribution in [0.1, 0.15) is 49.0 Å². The van der Waals surface area contributed by atoms with E-state index >= 15 is 0 Å². The first-order valence-corrected chi connectivity index (χ1v) is 6.52. The van der Waals surface area contributed by atoms with E-state index in [1.54, 1.807) is 4.90 Å². The van der Waals surface area contributed by atoms with Gasteiger partial charge in [-0.3, -0.25) is 4.79 Å². The van der Waals surface area contributed by atoms with Crippen LogP contribution in [0.3, 0.4) is 0 Å². The maximum Gasteiger partial charge on any atom is 0.253 e. The van der Waals surface area contributed by atoms with E-state index < -0.39 is 0 Å². The molecule has 1 aromatic carbocycles. The number of hydrogen-bond donors (Lipinski definition) is 1. The average Bonchev–Trinajstić information content (AvgIpc) is 2.35. The second kappa shape index (κ2) is 6.55. The third kappa shape index (κ3) is 4.15. The summed E-state index contributed by atoms with van der Waals surface area (Å²) in [6, 6.07) is 7.98. The van der Waals surface area contributed by atoms with Crippen LogP contribution in [0.5, 0.6) is 0 Å². The Kier molecular flexibility index (Phi) is 5.35. The van der Waals surface area contributed by atoms with Gasteiger partial charge < -0.3 is 10.6 Å². The molecule has 3 heteroatoms. The maximum absolute atomic E-state index is 12.1. The Hall–Kier alpha value is -1.35. The number of nitrogens with zero attached hydrogens (tertiary/aromatic N) is 1. The van der Waals surface area contributed by atoms with Gasteiger partial charge in [0, 0.05) is 25.2 Å². The second-order valence-electron chi connectivity index (χ2n) is 5.27. The topological polar surface area (TPSA) is 46.3 Å². The number of amides is 1. The smallest absolute Gasteiger partial charge is 0.253 e. The molecule has 0 aliphatic carbocycles. The molecule has 1 aromatic rings. The van der Waals surface area contributed by atoms with E-state index in [0.29, 0.717) is 12.5 Å². The molecule has 0 aromatic heterocycles. The van der Waals surface area contributed by atoms with Crippen LogP contribution >= 0.6 is 0 Å². The van der Waals surface area contributed by atoms with Gasteiger partial charge in [-0.15, -0.1) is 0 Å². The lowest BCUT2D eigenvalue weighted by Gasteiger charge is -2.18. The van der Waals surface area contributed by atoms with Gasteiger partial charge in [0.15, 0.2) is 0 Å². The van der Waals surface area contributed by atoms with Crippen LogP contribution in [0.2, 0.25) is 0 Å². The molecule has 0 bridgehead atoms. The SMILES string of the molecule is CC(N)CCN(C)C(=O)c1ccc(C(C)C)cc1. The molecule has 0 radical (unpaired) electrons. The fourth-order valence-electron chi connectivity index (χ4n) is 1.73. The zero-order valence-corrected chi connectivity index (χ0v) is 11.8. The van der Waals surface area contributed by atoms with Crippen LogP contribution in [0.15, 0.2) is 24.3 Å². The van der Waals surface area contributed by atoms with Crippen molar-refractivity contribution in [2.75, 3.05) is 13.6 Å². The fraction of sp³-hybridized carbons (Fsp3) is 0.533. The molecule has 3 nitrogen and oxygen atoms in total. The molecule has 0 heterocycles. The predicted molar refractivity (Wildman–Crippen MR) is 75.8 cm³/mol. The molecule has 0 spiro atoms. The molecule has 0 saturated heterocycles. The number of carbonyl (C=O) groups excluding carboxylic acids is 1. The Morgan fingerprint density at radius 3 is 2.22 bits per heavy atom. The third-order valence-electron chi connectivity index (χ3n) is 3.09. The summed E-state index contributed by atoms with van der Waals surface area (Å²) in [5.41, 5.74) is 7.69. The van der Waals surface area contributed by atoms with Crippen molar-refractivity contribution in [1.82, 2.24) is 4.90 Å². The predicted octanol–water partition coefficient (Wildman–Crippen LogP) is 2.62. The largest absolute Gasteiger partial charge is 0.342 e. The molecular weight excluding hydrogens is 224 g/mol. The number of carbonyl (C=O) groups is 1. The molecule has 0 aliphatic rings. The zero-order valence-electron chi connectivity index (χ0n) is 11.8. The van der Waals surface area contributed by atoms with Crippen LogP contribution in [0, 0.1) is 0 Å². The number of rotatable bonds is 5. The molecule has 1 atom stereocenters. The summed E-state index contributed by atoms with van der Waals surface area (Å²) in [4.78, 5) is 13.9. The molecule has 0 saturated carbocycles. The molecule has 2 N–H and O–H groups in total. The standard InChI is InChI=1S/C15H24N2O/c1-11(2)13-5-7-14(8-6-13)15(18)17(4)10-9-12(3)16/h5-8,11-12H,9-10,16H2,1-4H3. The Bertz CT molecular complexity index is 382. The monoisotopic (exact) mass is 248 g/mol. The highest BCUT2D eigenvalue weighted by atomic mass is 16.2. The molecule has 0 fully saturated rings. The molecular formula is C15H24N2O. The number of nitrogens with two attached hydrogens (primary N) is 1. The lowest BCUT2D eigenvalue weighted by molar-refractivity contribution is 0.0792. The summed E-state index contributed by atoms with van der Waals surface area (Å²) in [5.74, 6) is 0.552. The first kappa shape index (κ1) is 14.7. The van der Waals surface area contributed by atoms with Crippen molar-refractivity contribution in [3.05, 3.63) is 35.4 Å². The Balaban J connectivity index is 2.66. The fourth-order valence-corrected chi connectivity index (χ4v) is 1.73. The van der Waals surface area contributed by atoms with Crippen molar-refractivity contribution in [2.45, 2.75) is 39.2 Å². The van der Waals surface area contributed by atoms with Gasteiger partial charge in [-0.1, -0.05) is 26.0 Å². The summed E-state index contributed by atoms with van der Waals surface area (Å²) >= 11 is 0. The quantitative estimate of drug-likeness (QED) is 0.870. The van der Waals surface area contributed by atoms with Crippen molar-refractivity contribution >= 4 is 5.91 Å². The van der Waals surface area contributed by atoms with Gasteiger partial charge in [0.1, 0.15) is 0 Å². The Morgan fingerprint density at radius 2 is 1.78 bits per heavy atom. The highest BCUT2D eigenvalue weighted by Crippen LogP contribution is 2.15. The minimum Gasteiger partial charge on any atom is -0.342 e. The minimum atomic E-state index is 0.0611. The van der Waals surface area contributed by atoms with Crippen molar-refractivity contribution in [3.8, 4) is 0 Å². The average molecular weight is 248 g/mol. The van der Waals surface area contributed by atoms with Crippen LogP contribution < -0.4 is 5.73 Å². The first-order chi connectivity index (χ1) is 8.41. The van der Waals surface area contributed by atoms with Crippen molar-refractivity contribution in [2.24, 2.45) is 5.73 Å². The van der Waals surface area contributed by atoms with Crippen LogP contribution in [0.25, 0.3) is 0 Å². The zero-order chi connectivity index (χ0) is 13.7. The highest BCUT2D eigenvalue weighted by molar-refractivity contribution is 5.94. The van der Waals surface area contributed by atoms with Gasteiger partial charge in [-0.2, -0.15) is 0 Å². The van der Waals surface area contributed by atoms with Gasteiger partial charge in [-0.25, -0.2) is 0 Å². The van der Waals surface area contributed by atoms with E-state index in [-0.39, 0.29) is 11.9 Å². The second-order valence-corrected chi connectivity index (χ2v) is 5.27. The number of benzene rings is 1. The summed E-state index contributed by atoms with van der Waals surface area (Å²) in [7, 11) is 1.82. The van der Waals surface area contributed by atoms with E-state index in [0.717, 1.165) is 12.0 Å². The third-order valence-corrected chi connectivity index (χ3v) is 3.09. The lowest BCUT2D eigenvalue weighted by atomic mass is 10.0. The van der Waals surface area contributed by atoms with Gasteiger partial charge in [0.25, 0.3) is 5.91 Å². The maximum atomic E-state index is 12.1. The van der Waals surface area contributed by atoms with E-state index in [1.165, 1.54) is 5.56 Å². The first-order valence-electron chi connectivity index (χ1n) is 6.52. The molecule has 1 amide bonds. The van der Waals surface area contributed by atoms with Crippen LogP contribution in [-0.4, -0.2) is 30.4 Å². The van der Waals surface area contributed by atoms with Crippen molar-refractivity contribution in [1.29, 1.82) is 0 Å². The highest BCUT2D eigenvalue weighted by Gasteiger charge is 2.12. The molecule has 1 rings (SSSR count). The van der Waals surface area contributed by atoms with Gasteiger partial charge in [0.2, 0.25) is 0 Å². The Morgan fingerprint density at radius 1 is 1.22 bits per heavy atom. The van der Waals surface area contributed by atoms with Gasteiger partial charge in [-0.05, 0) is 37.0 Å². The minimum absolute atomic E-state index is 0.0611. The van der Waals surface area contributed by atoms with E-state index in [4.69, 9.17) is 5.73 Å². The van der Waals surface area contributed by atoms with Gasteiger partial charge >= 0.3 is 0 Å². The van der Waals surface area contributed by atoms with Gasteiger partial charge in [0.05, 0.1) is 0 Å². The molecule has 0 aliphatic heterocycles. The lowest BCUT2D eigenvalue weighted by Crippen LogP contribution is -2.31. The number of hydrogen-bond acceptors (Lipinski definition) is 2. The summed E-state index contributed by atoms with van der Waals surface area (Å²) in [6.45, 7) is 6.94. The van der Waals surface area contributed by atoms with Crippen molar-refractivity contribution in [3.63, 3.8) is 0 Å². The van der Waals surface area contributed by atoms with Crippen molar-refractivity contribution < 1.29 is 4.79 Å². The molecule has 18 heavy (non-hydrogen) atoms. The van der Waals surface area contributed by atoms with E-state index in [2.05, 4.69) is 13.8 Å². The van der Waals surface area contributed by atoms with E-state index in [1.807, 2.05) is 38.2 Å². The Labute approximate surface area is 110 Å².